The van der Waals surface area contributed by atoms with Gasteiger partial charge in [0.25, 0.3) is 11.8 Å². The predicted molar refractivity (Wildman–Crippen MR) is 135 cm³/mol. The molecule has 1 fully saturated rings. The average Bonchev–Trinajstić information content (AvgIpc) is 3.52. The van der Waals surface area contributed by atoms with E-state index in [1.54, 1.807) is 40.1 Å². The van der Waals surface area contributed by atoms with Crippen molar-refractivity contribution in [2.75, 3.05) is 45.8 Å². The molecule has 0 saturated carbocycles. The highest BCUT2D eigenvalue weighted by Gasteiger charge is 2.45. The summed E-state index contributed by atoms with van der Waals surface area (Å²) in [4.78, 5) is 58.3. The zero-order chi connectivity index (χ0) is 26.3. The molecule has 1 N–H and O–H groups in total. The average molecular weight is 546 g/mol. The van der Waals surface area contributed by atoms with Crippen molar-refractivity contribution in [1.29, 1.82) is 0 Å². The maximum Gasteiger partial charge on any atom is 0.322 e. The van der Waals surface area contributed by atoms with Gasteiger partial charge in [0.15, 0.2) is 5.76 Å². The molecule has 1 aromatic carbocycles. The largest absolute Gasteiger partial charge is 0.459 e. The molecule has 5 rings (SSSR count). The Labute approximate surface area is 223 Å². The zero-order valence-electron chi connectivity index (χ0n) is 20.1. The molecule has 0 unspecified atom stereocenters. The fraction of sp³-hybridized carbons (Fsp3) is 0.360. The zero-order valence-corrected chi connectivity index (χ0v) is 21.6. The number of carbonyl (C=O) groups excluding carboxylic acids is 4. The number of nitrogens with one attached hydrogen (secondary N) is 1. The number of hydrogen-bond donors (Lipinski definition) is 1. The summed E-state index contributed by atoms with van der Waals surface area (Å²) in [6.45, 7) is 3.63. The number of amides is 5. The lowest BCUT2D eigenvalue weighted by molar-refractivity contribution is -0.138. The smallest absolute Gasteiger partial charge is 0.322 e. The Balaban J connectivity index is 1.29. The Morgan fingerprint density at radius 1 is 1.08 bits per heavy atom. The van der Waals surface area contributed by atoms with E-state index in [-0.39, 0.29) is 42.6 Å². The molecular weight excluding hydrogens is 521 g/mol. The van der Waals surface area contributed by atoms with Crippen LogP contribution in [0.25, 0.3) is 0 Å². The van der Waals surface area contributed by atoms with Crippen molar-refractivity contribution in [3.05, 3.63) is 69.2 Å². The fourth-order valence-corrected chi connectivity index (χ4v) is 5.48. The SMILES string of the molecule is CCN1C(=O)N[C@H](c2ccc(Cl)cc2Cl)C2=C1CN(CC(=O)N1CCN(C(=O)c3ccco3)CC1)C2=O. The molecule has 0 spiro atoms. The molecule has 5 amide bonds. The Morgan fingerprint density at radius 2 is 1.81 bits per heavy atom. The second-order valence-corrected chi connectivity index (χ2v) is 9.81. The first-order valence-corrected chi connectivity index (χ1v) is 12.7. The van der Waals surface area contributed by atoms with Gasteiger partial charge in [-0.1, -0.05) is 29.3 Å². The van der Waals surface area contributed by atoms with Crippen molar-refractivity contribution < 1.29 is 23.6 Å². The van der Waals surface area contributed by atoms with Crippen LogP contribution < -0.4 is 5.32 Å². The van der Waals surface area contributed by atoms with E-state index < -0.39 is 6.04 Å². The number of urea groups is 1. The molecule has 0 aliphatic carbocycles. The first kappa shape index (κ1) is 25.2. The van der Waals surface area contributed by atoms with E-state index in [1.165, 1.54) is 16.1 Å². The number of piperazine rings is 1. The Kier molecular flexibility index (Phi) is 6.87. The summed E-state index contributed by atoms with van der Waals surface area (Å²) < 4.78 is 5.18. The van der Waals surface area contributed by atoms with E-state index in [9.17, 15) is 19.2 Å². The maximum absolute atomic E-state index is 13.5. The summed E-state index contributed by atoms with van der Waals surface area (Å²) >= 11 is 12.5. The maximum atomic E-state index is 13.5. The van der Waals surface area contributed by atoms with Crippen molar-refractivity contribution in [3.8, 4) is 0 Å². The first-order chi connectivity index (χ1) is 17.8. The minimum atomic E-state index is -0.751. The normalized spacial score (nSPS) is 19.9. The third-order valence-electron chi connectivity index (χ3n) is 6.86. The molecule has 1 atom stereocenters. The van der Waals surface area contributed by atoms with E-state index in [2.05, 4.69) is 5.32 Å². The Morgan fingerprint density at radius 3 is 2.46 bits per heavy atom. The minimum absolute atomic E-state index is 0.134. The lowest BCUT2D eigenvalue weighted by Crippen LogP contribution is -2.52. The van der Waals surface area contributed by atoms with Gasteiger partial charge >= 0.3 is 6.03 Å². The lowest BCUT2D eigenvalue weighted by atomic mass is 9.95. The van der Waals surface area contributed by atoms with Gasteiger partial charge < -0.3 is 24.4 Å². The van der Waals surface area contributed by atoms with E-state index in [0.717, 1.165) is 0 Å². The first-order valence-electron chi connectivity index (χ1n) is 11.9. The van der Waals surface area contributed by atoms with Crippen molar-refractivity contribution in [2.24, 2.45) is 0 Å². The lowest BCUT2D eigenvalue weighted by Gasteiger charge is -2.35. The summed E-state index contributed by atoms with van der Waals surface area (Å²) in [6, 6.07) is 7.08. The number of nitrogens with zero attached hydrogens (tertiary/aromatic N) is 4. The van der Waals surface area contributed by atoms with Gasteiger partial charge in [-0.25, -0.2) is 4.79 Å². The fourth-order valence-electron chi connectivity index (χ4n) is 4.96. The number of furan rings is 1. The van der Waals surface area contributed by atoms with E-state index in [1.807, 2.05) is 6.92 Å². The minimum Gasteiger partial charge on any atom is -0.459 e. The van der Waals surface area contributed by atoms with Gasteiger partial charge in [-0.15, -0.1) is 0 Å². The van der Waals surface area contributed by atoms with Crippen molar-refractivity contribution in [2.45, 2.75) is 13.0 Å². The molecule has 0 bridgehead atoms. The number of hydrogen-bond acceptors (Lipinski definition) is 5. The van der Waals surface area contributed by atoms with E-state index >= 15 is 0 Å². The summed E-state index contributed by atoms with van der Waals surface area (Å²) in [5, 5.41) is 3.65. The van der Waals surface area contributed by atoms with Crippen LogP contribution in [0.1, 0.15) is 29.1 Å². The quantitative estimate of drug-likeness (QED) is 0.621. The van der Waals surface area contributed by atoms with Gasteiger partial charge in [-0.3, -0.25) is 19.3 Å². The molecule has 1 aromatic heterocycles. The Hall–Kier alpha value is -3.50. The van der Waals surface area contributed by atoms with Gasteiger partial charge in [-0.05, 0) is 36.8 Å². The molecule has 1 saturated heterocycles. The van der Waals surface area contributed by atoms with Crippen LogP contribution in [0.5, 0.6) is 0 Å². The van der Waals surface area contributed by atoms with Crippen LogP contribution in [0.2, 0.25) is 10.0 Å². The van der Waals surface area contributed by atoms with Crippen LogP contribution in [0.15, 0.2) is 52.3 Å². The topological polar surface area (TPSA) is 106 Å². The van der Waals surface area contributed by atoms with Crippen LogP contribution in [-0.4, -0.2) is 89.2 Å². The molecule has 12 heteroatoms. The van der Waals surface area contributed by atoms with Crippen LogP contribution in [-0.2, 0) is 9.59 Å². The monoisotopic (exact) mass is 545 g/mol. The Bertz CT molecular complexity index is 1290. The van der Waals surface area contributed by atoms with Crippen LogP contribution in [0.4, 0.5) is 4.79 Å². The highest BCUT2D eigenvalue weighted by atomic mass is 35.5. The van der Waals surface area contributed by atoms with Crippen molar-refractivity contribution in [1.82, 2.24) is 24.9 Å². The third kappa shape index (κ3) is 4.67. The van der Waals surface area contributed by atoms with Crippen LogP contribution in [0.3, 0.4) is 0 Å². The predicted octanol–water partition coefficient (Wildman–Crippen LogP) is 2.75. The number of halogens is 2. The number of rotatable bonds is 5. The molecular formula is C25H25Cl2N5O5. The van der Waals surface area contributed by atoms with Gasteiger partial charge in [0.2, 0.25) is 5.91 Å². The molecule has 10 nitrogen and oxygen atoms in total. The number of likely N-dealkylation sites (N-methyl/N-ethyl adjacent to an activating group) is 1. The van der Waals surface area contributed by atoms with Crippen LogP contribution in [0, 0.1) is 0 Å². The van der Waals surface area contributed by atoms with Crippen molar-refractivity contribution >= 4 is 47.0 Å². The highest BCUT2D eigenvalue weighted by Crippen LogP contribution is 2.39. The van der Waals surface area contributed by atoms with Crippen molar-refractivity contribution in [3.63, 3.8) is 0 Å². The molecule has 194 valence electrons. The van der Waals surface area contributed by atoms with Gasteiger partial charge in [0, 0.05) is 42.8 Å². The molecule has 37 heavy (non-hydrogen) atoms. The standard InChI is InChI=1S/C25H25Cl2N5O5/c1-2-32-18-13-31(14-20(33)29-7-9-30(10-8-29)23(34)19-4-3-11-37-19)24(35)21(18)22(28-25(32)36)16-6-5-15(26)12-17(16)27/h3-6,11-12,22H,2,7-10,13-14H2,1H3,(H,28,36)/t22-/m1/s1. The van der Waals surface area contributed by atoms with Gasteiger partial charge in [-0.2, -0.15) is 0 Å². The molecule has 3 aliphatic rings. The summed E-state index contributed by atoms with van der Waals surface area (Å²) in [5.41, 5.74) is 1.52. The number of benzene rings is 1. The summed E-state index contributed by atoms with van der Waals surface area (Å²) in [6.07, 6.45) is 1.45. The van der Waals surface area contributed by atoms with E-state index in [4.69, 9.17) is 27.6 Å². The van der Waals surface area contributed by atoms with Gasteiger partial charge in [0.1, 0.15) is 6.54 Å². The number of carbonyl (C=O) groups is 4. The summed E-state index contributed by atoms with van der Waals surface area (Å²) in [7, 11) is 0. The highest BCUT2D eigenvalue weighted by molar-refractivity contribution is 6.35. The van der Waals surface area contributed by atoms with Gasteiger partial charge in [0.05, 0.1) is 30.1 Å². The molecule has 2 aromatic rings. The third-order valence-corrected chi connectivity index (χ3v) is 7.43. The molecule has 0 radical (unpaired) electrons. The summed E-state index contributed by atoms with van der Waals surface area (Å²) in [5.74, 6) is -0.503. The molecule has 3 aliphatic heterocycles. The van der Waals surface area contributed by atoms with E-state index in [0.29, 0.717) is 59.6 Å². The second-order valence-electron chi connectivity index (χ2n) is 8.96. The van der Waals surface area contributed by atoms with Crippen LogP contribution >= 0.6 is 23.2 Å². The second kappa shape index (κ2) is 10.1. The molecule has 4 heterocycles.